The van der Waals surface area contributed by atoms with E-state index in [0.717, 1.165) is 51.9 Å². The van der Waals surface area contributed by atoms with E-state index in [2.05, 4.69) is 0 Å². The zero-order valence-electron chi connectivity index (χ0n) is 12.6. The van der Waals surface area contributed by atoms with Gasteiger partial charge in [0.2, 0.25) is 24.9 Å². The van der Waals surface area contributed by atoms with Crippen LogP contribution in [0.2, 0.25) is 0 Å². The van der Waals surface area contributed by atoms with Crippen molar-refractivity contribution in [1.29, 1.82) is 0 Å². The van der Waals surface area contributed by atoms with Crippen molar-refractivity contribution in [1.82, 2.24) is 9.80 Å². The molecule has 22 heavy (non-hydrogen) atoms. The summed E-state index contributed by atoms with van der Waals surface area (Å²) < 4.78 is 0. The molecule has 2 rings (SSSR count). The number of hydrogen-bond acceptors (Lipinski definition) is 6. The zero-order valence-corrected chi connectivity index (χ0v) is 14.3. The molecule has 1 unspecified atom stereocenters. The zero-order chi connectivity index (χ0) is 15.9. The van der Waals surface area contributed by atoms with Crippen LogP contribution in [0.4, 0.5) is 0 Å². The molecule has 2 fully saturated rings. The van der Waals surface area contributed by atoms with Crippen molar-refractivity contribution in [3.63, 3.8) is 0 Å². The van der Waals surface area contributed by atoms with E-state index in [1.165, 1.54) is 21.3 Å². The third kappa shape index (κ3) is 5.11. The van der Waals surface area contributed by atoms with Crippen LogP contribution in [0.1, 0.15) is 25.7 Å². The number of rotatable bonds is 7. The maximum atomic E-state index is 12.0. The molecule has 6 nitrogen and oxygen atoms in total. The molecular formula is C12H22B2N4O2S2. The molecule has 2 aliphatic heterocycles. The van der Waals surface area contributed by atoms with Gasteiger partial charge in [-0.25, -0.2) is 0 Å². The molecule has 0 saturated carbocycles. The minimum absolute atomic E-state index is 0.0250. The highest BCUT2D eigenvalue weighted by Gasteiger charge is 2.26. The summed E-state index contributed by atoms with van der Waals surface area (Å²) in [5.41, 5.74) is 11.7. The highest BCUT2D eigenvalue weighted by Crippen LogP contribution is 2.20. The molecule has 10 heteroatoms. The molecule has 120 valence electrons. The van der Waals surface area contributed by atoms with Crippen LogP contribution in [0.15, 0.2) is 0 Å². The van der Waals surface area contributed by atoms with Crippen LogP contribution in [0, 0.1) is 0 Å². The summed E-state index contributed by atoms with van der Waals surface area (Å²) in [6, 6.07) is 0. The molecular weight excluding hydrogens is 318 g/mol. The number of carbonyl (C=O) groups excluding carboxylic acids is 2. The Bertz CT molecular complexity index is 357. The van der Waals surface area contributed by atoms with E-state index in [1.807, 2.05) is 0 Å². The fraction of sp³-hybridized carbons (Fsp3) is 0.833. The van der Waals surface area contributed by atoms with Gasteiger partial charge >= 0.3 is 0 Å². The lowest BCUT2D eigenvalue weighted by molar-refractivity contribution is -0.130. The summed E-state index contributed by atoms with van der Waals surface area (Å²) >= 11 is 0. The van der Waals surface area contributed by atoms with Gasteiger partial charge in [-0.3, -0.25) is 9.59 Å². The predicted molar refractivity (Wildman–Crippen MR) is 94.3 cm³/mol. The lowest BCUT2D eigenvalue weighted by Gasteiger charge is -2.20. The van der Waals surface area contributed by atoms with E-state index < -0.39 is 11.9 Å². The van der Waals surface area contributed by atoms with Gasteiger partial charge in [-0.05, 0) is 25.7 Å². The van der Waals surface area contributed by atoms with Crippen molar-refractivity contribution in [2.75, 3.05) is 26.2 Å². The Morgan fingerprint density at radius 1 is 0.773 bits per heavy atom. The van der Waals surface area contributed by atoms with E-state index >= 15 is 0 Å². The second-order valence-electron chi connectivity index (χ2n) is 5.58. The predicted octanol–water partition coefficient (Wildman–Crippen LogP) is -0.579. The highest BCUT2D eigenvalue weighted by atomic mass is 33.1. The molecule has 2 atom stereocenters. The molecule has 0 aromatic carbocycles. The largest absolute Gasteiger partial charge is 0.342 e. The first-order valence-corrected chi connectivity index (χ1v) is 9.95. The summed E-state index contributed by atoms with van der Waals surface area (Å²) in [6.45, 7) is 6.63. The molecule has 0 bridgehead atoms. The summed E-state index contributed by atoms with van der Waals surface area (Å²) in [5, 5.41) is 0. The lowest BCUT2D eigenvalue weighted by atomic mass is 9.94. The molecule has 0 aromatic heterocycles. The Labute approximate surface area is 141 Å². The summed E-state index contributed by atoms with van der Waals surface area (Å²) in [4.78, 5) is 27.6. The summed E-state index contributed by atoms with van der Waals surface area (Å²) in [6.07, 6.45) is 4.23. The van der Waals surface area contributed by atoms with E-state index in [1.54, 1.807) is 22.9 Å². The highest BCUT2D eigenvalue weighted by molar-refractivity contribution is 8.93. The molecule has 2 radical (unpaired) electrons. The number of nitrogens with two attached hydrogens (primary N) is 2. The van der Waals surface area contributed by atoms with Crippen molar-refractivity contribution < 1.29 is 9.59 Å². The Hall–Kier alpha value is -0.310. The van der Waals surface area contributed by atoms with E-state index in [-0.39, 0.29) is 11.8 Å². The van der Waals surface area contributed by atoms with E-state index in [9.17, 15) is 9.59 Å². The second-order valence-corrected chi connectivity index (χ2v) is 7.66. The number of likely N-dealkylation sites (tertiary alicyclic amines) is 2. The summed E-state index contributed by atoms with van der Waals surface area (Å²) in [5.74, 6) is -1.25. The normalized spacial score (nSPS) is 20.8. The van der Waals surface area contributed by atoms with Crippen molar-refractivity contribution in [2.45, 2.75) is 37.6 Å². The summed E-state index contributed by atoms with van der Waals surface area (Å²) in [7, 11) is 2.70. The lowest BCUT2D eigenvalue weighted by Crippen LogP contribution is -2.46. The van der Waals surface area contributed by atoms with E-state index in [0.29, 0.717) is 0 Å². The van der Waals surface area contributed by atoms with Gasteiger partial charge in [0, 0.05) is 26.2 Å². The molecule has 0 spiro atoms. The smallest absolute Gasteiger partial charge is 0.237 e. The number of amides is 2. The monoisotopic (exact) mass is 340 g/mol. The van der Waals surface area contributed by atoms with Crippen molar-refractivity contribution in [3.8, 4) is 0 Å². The molecule has 2 amide bonds. The van der Waals surface area contributed by atoms with Gasteiger partial charge in [0.25, 0.3) is 0 Å². The van der Waals surface area contributed by atoms with Gasteiger partial charge in [0.05, 0.1) is 11.9 Å². The Kier molecular flexibility index (Phi) is 7.46. The van der Waals surface area contributed by atoms with Crippen molar-refractivity contribution in [3.05, 3.63) is 0 Å². The van der Waals surface area contributed by atoms with Crippen LogP contribution >= 0.6 is 21.3 Å². The first-order valence-electron chi connectivity index (χ1n) is 7.67. The minimum Gasteiger partial charge on any atom is -0.342 e. The van der Waals surface area contributed by atoms with Gasteiger partial charge in [0.15, 0.2) is 0 Å². The maximum absolute atomic E-state index is 12.0. The minimum atomic E-state index is -0.602. The Morgan fingerprint density at radius 3 is 1.41 bits per heavy atom. The first-order chi connectivity index (χ1) is 10.6. The van der Waals surface area contributed by atoms with Crippen LogP contribution in [0.3, 0.4) is 0 Å². The second kappa shape index (κ2) is 9.10. The van der Waals surface area contributed by atoms with Gasteiger partial charge < -0.3 is 21.3 Å². The van der Waals surface area contributed by atoms with Gasteiger partial charge in [-0.2, -0.15) is 21.3 Å². The molecule has 4 N–H and O–H groups in total. The first kappa shape index (κ1) is 18.0. The third-order valence-corrected chi connectivity index (χ3v) is 5.79. The molecule has 0 aromatic rings. The fourth-order valence-corrected chi connectivity index (χ4v) is 4.30. The van der Waals surface area contributed by atoms with Crippen LogP contribution in [0.25, 0.3) is 0 Å². The topological polar surface area (TPSA) is 92.7 Å². The van der Waals surface area contributed by atoms with Crippen LogP contribution in [-0.2, 0) is 9.59 Å². The van der Waals surface area contributed by atoms with Crippen LogP contribution in [-0.4, -0.2) is 72.8 Å². The standard InChI is InChI=1S/C12H22B2N4O2S2/c15-9(11(19)17-5-1-2-6-17)13-21-22-14-10(16)12(20)18-7-3-4-8-18/h9-10H,1-8,15-16H2/t9-,10?/m1/s1. The SMILES string of the molecule is NC([B]SS[B][C@H](N)C(=O)N1CCCC1)C(=O)N1CCCC1. The molecule has 2 aliphatic rings. The van der Waals surface area contributed by atoms with Gasteiger partial charge in [-0.15, -0.1) is 0 Å². The molecule has 2 saturated heterocycles. The molecule has 0 aliphatic carbocycles. The Balaban J connectivity index is 1.59. The van der Waals surface area contributed by atoms with Crippen LogP contribution < -0.4 is 11.5 Å². The third-order valence-electron chi connectivity index (χ3n) is 3.87. The number of nitrogens with zero attached hydrogens (tertiary/aromatic N) is 2. The molecule has 2 heterocycles. The van der Waals surface area contributed by atoms with Crippen LogP contribution in [0.5, 0.6) is 0 Å². The number of carbonyl (C=O) groups is 2. The van der Waals surface area contributed by atoms with Gasteiger partial charge in [0.1, 0.15) is 0 Å². The quantitative estimate of drug-likeness (QED) is 0.366. The Morgan fingerprint density at radius 2 is 1.09 bits per heavy atom. The van der Waals surface area contributed by atoms with Crippen molar-refractivity contribution >= 4 is 46.2 Å². The maximum Gasteiger partial charge on any atom is 0.237 e. The van der Waals surface area contributed by atoms with Gasteiger partial charge in [-0.1, -0.05) is 0 Å². The fourth-order valence-electron chi connectivity index (χ4n) is 2.60. The average Bonchev–Trinajstić information content (AvgIpc) is 3.22. The number of hydrogen-bond donors (Lipinski definition) is 2. The van der Waals surface area contributed by atoms with E-state index in [4.69, 9.17) is 11.5 Å². The average molecular weight is 340 g/mol. The van der Waals surface area contributed by atoms with Crippen molar-refractivity contribution in [2.24, 2.45) is 11.5 Å².